The molecular formula is C19H15Cl2NO4S. The fraction of sp³-hybridized carbons (Fsp3) is 0.158. The number of amides is 2. The Morgan fingerprint density at radius 1 is 1.07 bits per heavy atom. The van der Waals surface area contributed by atoms with Gasteiger partial charge in [0.05, 0.1) is 25.7 Å². The predicted molar refractivity (Wildman–Crippen MR) is 108 cm³/mol. The molecule has 1 heterocycles. The highest BCUT2D eigenvalue weighted by Crippen LogP contribution is 2.37. The summed E-state index contributed by atoms with van der Waals surface area (Å²) >= 11 is 13.2. The number of hydrogen-bond acceptors (Lipinski definition) is 5. The summed E-state index contributed by atoms with van der Waals surface area (Å²) in [6, 6.07) is 10.3. The molecular weight excluding hydrogens is 409 g/mol. The van der Waals surface area contributed by atoms with Gasteiger partial charge in [0.25, 0.3) is 11.1 Å². The molecule has 8 heteroatoms. The van der Waals surface area contributed by atoms with E-state index in [0.717, 1.165) is 16.7 Å². The monoisotopic (exact) mass is 423 g/mol. The molecule has 0 N–H and O–H groups in total. The average molecular weight is 424 g/mol. The first-order valence-corrected chi connectivity index (χ1v) is 9.42. The molecule has 0 atom stereocenters. The number of ether oxygens (including phenoxy) is 2. The summed E-state index contributed by atoms with van der Waals surface area (Å²) in [7, 11) is 3.08. The molecule has 2 aromatic rings. The van der Waals surface area contributed by atoms with Crippen LogP contribution in [0.3, 0.4) is 0 Å². The van der Waals surface area contributed by atoms with E-state index in [0.29, 0.717) is 32.7 Å². The van der Waals surface area contributed by atoms with Crippen molar-refractivity contribution in [1.82, 2.24) is 4.90 Å². The molecule has 0 bridgehead atoms. The van der Waals surface area contributed by atoms with Gasteiger partial charge in [-0.2, -0.15) is 0 Å². The summed E-state index contributed by atoms with van der Waals surface area (Å²) in [5, 5.41) is 0.420. The van der Waals surface area contributed by atoms with Crippen LogP contribution in [0.2, 0.25) is 10.0 Å². The molecule has 1 fully saturated rings. The lowest BCUT2D eigenvalue weighted by atomic mass is 10.1. The number of methoxy groups -OCH3 is 2. The largest absolute Gasteiger partial charge is 0.497 e. The minimum absolute atomic E-state index is 0.00968. The molecule has 2 amide bonds. The maximum absolute atomic E-state index is 12.8. The lowest BCUT2D eigenvalue weighted by molar-refractivity contribution is -0.123. The van der Waals surface area contributed by atoms with E-state index in [-0.39, 0.29) is 16.7 Å². The summed E-state index contributed by atoms with van der Waals surface area (Å²) in [5.41, 5.74) is 1.17. The van der Waals surface area contributed by atoms with Gasteiger partial charge in [0.1, 0.15) is 11.5 Å². The lowest BCUT2D eigenvalue weighted by Gasteiger charge is -2.14. The third kappa shape index (κ3) is 4.08. The molecule has 1 saturated heterocycles. The number of rotatable bonds is 5. The van der Waals surface area contributed by atoms with Crippen molar-refractivity contribution in [2.24, 2.45) is 0 Å². The summed E-state index contributed by atoms with van der Waals surface area (Å²) < 4.78 is 10.5. The fourth-order valence-corrected chi connectivity index (χ4v) is 3.92. The van der Waals surface area contributed by atoms with Crippen LogP contribution < -0.4 is 9.47 Å². The van der Waals surface area contributed by atoms with Crippen LogP contribution in [0.5, 0.6) is 11.5 Å². The van der Waals surface area contributed by atoms with Crippen molar-refractivity contribution >= 4 is 52.2 Å². The molecule has 0 spiro atoms. The molecule has 0 aromatic heterocycles. The Kier molecular flexibility index (Phi) is 5.99. The van der Waals surface area contributed by atoms with Gasteiger partial charge in [0, 0.05) is 21.2 Å². The van der Waals surface area contributed by atoms with Crippen molar-refractivity contribution in [1.29, 1.82) is 0 Å². The highest BCUT2D eigenvalue weighted by Gasteiger charge is 2.36. The highest BCUT2D eigenvalue weighted by molar-refractivity contribution is 8.18. The second-order valence-corrected chi connectivity index (χ2v) is 7.38. The molecule has 3 rings (SSSR count). The van der Waals surface area contributed by atoms with Gasteiger partial charge in [-0.25, -0.2) is 0 Å². The number of carbonyl (C=O) groups is 2. The summed E-state index contributed by atoms with van der Waals surface area (Å²) in [4.78, 5) is 26.5. The van der Waals surface area contributed by atoms with Gasteiger partial charge in [-0.05, 0) is 48.2 Å². The predicted octanol–water partition coefficient (Wildman–Crippen LogP) is 5.25. The Balaban J connectivity index is 1.91. The Hall–Kier alpha value is -2.15. The zero-order valence-electron chi connectivity index (χ0n) is 14.5. The molecule has 0 saturated carbocycles. The number of carbonyl (C=O) groups excluding carboxylic acids is 2. The van der Waals surface area contributed by atoms with E-state index in [2.05, 4.69) is 0 Å². The lowest BCUT2D eigenvalue weighted by Crippen LogP contribution is -2.27. The molecule has 140 valence electrons. The summed E-state index contributed by atoms with van der Waals surface area (Å²) in [6.07, 6.45) is 1.61. The molecule has 1 aliphatic heterocycles. The topological polar surface area (TPSA) is 55.8 Å². The number of benzene rings is 2. The van der Waals surface area contributed by atoms with E-state index < -0.39 is 5.91 Å². The van der Waals surface area contributed by atoms with Crippen LogP contribution in [-0.4, -0.2) is 30.3 Å². The van der Waals surface area contributed by atoms with Crippen LogP contribution in [0.1, 0.15) is 11.1 Å². The van der Waals surface area contributed by atoms with Gasteiger partial charge in [-0.3, -0.25) is 14.5 Å². The van der Waals surface area contributed by atoms with Crippen molar-refractivity contribution in [3.8, 4) is 11.5 Å². The van der Waals surface area contributed by atoms with Crippen molar-refractivity contribution in [2.45, 2.75) is 6.54 Å². The first-order chi connectivity index (χ1) is 12.9. The molecule has 0 aliphatic carbocycles. The fourth-order valence-electron chi connectivity index (χ4n) is 2.57. The SMILES string of the molecule is COc1ccc(OC)c(/C=C2/SC(=O)N(Cc3c(Cl)cccc3Cl)C2=O)c1. The van der Waals surface area contributed by atoms with E-state index in [1.165, 1.54) is 7.11 Å². The van der Waals surface area contributed by atoms with E-state index in [1.54, 1.807) is 49.6 Å². The van der Waals surface area contributed by atoms with Crippen molar-refractivity contribution in [3.63, 3.8) is 0 Å². The zero-order chi connectivity index (χ0) is 19.6. The van der Waals surface area contributed by atoms with E-state index >= 15 is 0 Å². The highest BCUT2D eigenvalue weighted by atomic mass is 35.5. The van der Waals surface area contributed by atoms with E-state index in [9.17, 15) is 9.59 Å². The Morgan fingerprint density at radius 3 is 2.41 bits per heavy atom. The zero-order valence-corrected chi connectivity index (χ0v) is 16.8. The van der Waals surface area contributed by atoms with Crippen LogP contribution in [0.4, 0.5) is 4.79 Å². The first kappa shape index (κ1) is 19.6. The normalized spacial score (nSPS) is 15.6. The Bertz CT molecular complexity index is 925. The van der Waals surface area contributed by atoms with Crippen molar-refractivity contribution < 1.29 is 19.1 Å². The van der Waals surface area contributed by atoms with Crippen LogP contribution in [0.15, 0.2) is 41.3 Å². The first-order valence-electron chi connectivity index (χ1n) is 7.85. The quantitative estimate of drug-likeness (QED) is 0.614. The standard InChI is InChI=1S/C19H15Cl2NO4S/c1-25-12-6-7-16(26-2)11(8-12)9-17-18(23)22(19(24)27-17)10-13-14(20)4-3-5-15(13)21/h3-9H,10H2,1-2H3/b17-9+. The number of halogens is 2. The summed E-state index contributed by atoms with van der Waals surface area (Å²) in [5.74, 6) is 0.770. The number of imide groups is 1. The van der Waals surface area contributed by atoms with Gasteiger partial charge >= 0.3 is 0 Å². The van der Waals surface area contributed by atoms with Crippen LogP contribution in [0.25, 0.3) is 6.08 Å². The number of thioether (sulfide) groups is 1. The van der Waals surface area contributed by atoms with Crippen LogP contribution >= 0.6 is 35.0 Å². The van der Waals surface area contributed by atoms with Gasteiger partial charge in [-0.1, -0.05) is 29.3 Å². The third-order valence-corrected chi connectivity index (χ3v) is 5.59. The van der Waals surface area contributed by atoms with Gasteiger partial charge in [0.15, 0.2) is 0 Å². The molecule has 0 unspecified atom stereocenters. The van der Waals surface area contributed by atoms with Gasteiger partial charge in [-0.15, -0.1) is 0 Å². The minimum atomic E-state index is -0.411. The number of nitrogens with zero attached hydrogens (tertiary/aromatic N) is 1. The van der Waals surface area contributed by atoms with Crippen LogP contribution in [0, 0.1) is 0 Å². The maximum Gasteiger partial charge on any atom is 0.293 e. The Morgan fingerprint density at radius 2 is 1.78 bits per heavy atom. The smallest absolute Gasteiger partial charge is 0.293 e. The second-order valence-electron chi connectivity index (χ2n) is 5.58. The third-order valence-electron chi connectivity index (χ3n) is 3.97. The Labute approximate surface area is 170 Å². The van der Waals surface area contributed by atoms with Crippen molar-refractivity contribution in [2.75, 3.05) is 14.2 Å². The minimum Gasteiger partial charge on any atom is -0.497 e. The molecule has 5 nitrogen and oxygen atoms in total. The molecule has 2 aromatic carbocycles. The van der Waals surface area contributed by atoms with Crippen molar-refractivity contribution in [3.05, 3.63) is 62.5 Å². The molecule has 0 radical (unpaired) electrons. The second kappa shape index (κ2) is 8.25. The van der Waals surface area contributed by atoms with Gasteiger partial charge < -0.3 is 9.47 Å². The number of hydrogen-bond donors (Lipinski definition) is 0. The molecule has 27 heavy (non-hydrogen) atoms. The van der Waals surface area contributed by atoms with E-state index in [1.807, 2.05) is 0 Å². The van der Waals surface area contributed by atoms with Gasteiger partial charge in [0.2, 0.25) is 0 Å². The molecule has 1 aliphatic rings. The van der Waals surface area contributed by atoms with E-state index in [4.69, 9.17) is 32.7 Å². The average Bonchev–Trinajstić information content (AvgIpc) is 2.91. The maximum atomic E-state index is 12.8. The van der Waals surface area contributed by atoms with Crippen LogP contribution in [-0.2, 0) is 11.3 Å². The summed E-state index contributed by atoms with van der Waals surface area (Å²) in [6.45, 7) is 0.00968.